The van der Waals surface area contributed by atoms with Gasteiger partial charge in [0.2, 0.25) is 0 Å². The molecule has 0 aliphatic heterocycles. The number of ether oxygens (including phenoxy) is 1. The summed E-state index contributed by atoms with van der Waals surface area (Å²) in [7, 11) is 0. The molecule has 1 atom stereocenters. The summed E-state index contributed by atoms with van der Waals surface area (Å²) in [4.78, 5) is 13.2. The number of aliphatic hydroxyl groups excluding tert-OH is 1. The topological polar surface area (TPSA) is 58.6 Å². The molecule has 18 heavy (non-hydrogen) atoms. The van der Waals surface area contributed by atoms with Gasteiger partial charge in [-0.05, 0) is 26.0 Å². The normalized spacial score (nSPS) is 11.5. The maximum Gasteiger partial charge on any atom is 0.261 e. The van der Waals surface area contributed by atoms with Gasteiger partial charge in [0.05, 0.1) is 16.4 Å². The van der Waals surface area contributed by atoms with Crippen molar-refractivity contribution < 1.29 is 14.6 Å². The lowest BCUT2D eigenvalue weighted by Crippen LogP contribution is -2.35. The fraction of sp³-hybridized carbons (Fsp3) is 0.462. The first kappa shape index (κ1) is 14.7. The molecule has 1 rings (SSSR count). The summed E-state index contributed by atoms with van der Waals surface area (Å²) < 4.78 is 5.23. The van der Waals surface area contributed by atoms with Gasteiger partial charge in [-0.15, -0.1) is 11.3 Å². The number of hydrogen-bond donors (Lipinski definition) is 2. The first-order valence-corrected chi connectivity index (χ1v) is 6.57. The summed E-state index contributed by atoms with van der Waals surface area (Å²) in [5.41, 5.74) is 0. The highest BCUT2D eigenvalue weighted by Gasteiger charge is 2.11. The van der Waals surface area contributed by atoms with Crippen LogP contribution in [0, 0.1) is 11.8 Å². The summed E-state index contributed by atoms with van der Waals surface area (Å²) in [6.07, 6.45) is 0. The lowest BCUT2D eigenvalue weighted by Gasteiger charge is -2.12. The second-order valence-corrected chi connectivity index (χ2v) is 4.74. The lowest BCUT2D eigenvalue weighted by molar-refractivity contribution is 0.0876. The van der Waals surface area contributed by atoms with Crippen LogP contribution in [0.4, 0.5) is 0 Å². The van der Waals surface area contributed by atoms with Crippen LogP contribution in [0.15, 0.2) is 12.1 Å². The van der Waals surface area contributed by atoms with E-state index in [4.69, 9.17) is 9.84 Å². The van der Waals surface area contributed by atoms with Crippen molar-refractivity contribution in [3.05, 3.63) is 21.9 Å². The fourth-order valence-electron chi connectivity index (χ4n) is 1.28. The van der Waals surface area contributed by atoms with E-state index in [0.29, 0.717) is 18.1 Å². The van der Waals surface area contributed by atoms with Crippen LogP contribution in [0.2, 0.25) is 0 Å². The molecule has 1 heterocycles. The predicted octanol–water partition coefficient (Wildman–Crippen LogP) is 1.25. The van der Waals surface area contributed by atoms with Crippen LogP contribution in [0.25, 0.3) is 0 Å². The molecule has 1 aromatic heterocycles. The minimum Gasteiger partial charge on any atom is -0.384 e. The molecule has 0 saturated heterocycles. The van der Waals surface area contributed by atoms with Gasteiger partial charge in [0.25, 0.3) is 5.91 Å². The van der Waals surface area contributed by atoms with Gasteiger partial charge < -0.3 is 15.2 Å². The van der Waals surface area contributed by atoms with E-state index in [2.05, 4.69) is 17.2 Å². The van der Waals surface area contributed by atoms with Gasteiger partial charge in [0, 0.05) is 12.6 Å². The largest absolute Gasteiger partial charge is 0.384 e. The van der Waals surface area contributed by atoms with Gasteiger partial charge in [0.15, 0.2) is 0 Å². The van der Waals surface area contributed by atoms with E-state index < -0.39 is 0 Å². The first-order valence-electron chi connectivity index (χ1n) is 5.75. The van der Waals surface area contributed by atoms with Crippen molar-refractivity contribution in [2.24, 2.45) is 0 Å². The third-order valence-electron chi connectivity index (χ3n) is 2.07. The monoisotopic (exact) mass is 267 g/mol. The van der Waals surface area contributed by atoms with E-state index in [0.717, 1.165) is 4.88 Å². The molecule has 0 spiro atoms. The Kier molecular flexibility index (Phi) is 6.44. The molecule has 1 amide bonds. The zero-order valence-corrected chi connectivity index (χ0v) is 11.3. The highest BCUT2D eigenvalue weighted by molar-refractivity contribution is 7.14. The van der Waals surface area contributed by atoms with E-state index in [9.17, 15) is 4.79 Å². The SMILES string of the molecule is CCOCC(C)NC(=O)c1ccc(C#CCO)s1. The molecule has 4 nitrogen and oxygen atoms in total. The molecule has 1 aromatic rings. The Morgan fingerprint density at radius 1 is 1.61 bits per heavy atom. The number of rotatable bonds is 5. The Morgan fingerprint density at radius 2 is 2.39 bits per heavy atom. The quantitative estimate of drug-likeness (QED) is 0.789. The van der Waals surface area contributed by atoms with Crippen molar-refractivity contribution in [3.63, 3.8) is 0 Å². The summed E-state index contributed by atoms with van der Waals surface area (Å²) in [6, 6.07) is 3.48. The van der Waals surface area contributed by atoms with Crippen molar-refractivity contribution in [1.29, 1.82) is 0 Å². The number of thiophene rings is 1. The Labute approximate surface area is 111 Å². The average Bonchev–Trinajstić information content (AvgIpc) is 2.82. The Balaban J connectivity index is 2.53. The Bertz CT molecular complexity index is 445. The highest BCUT2D eigenvalue weighted by Crippen LogP contribution is 2.15. The zero-order chi connectivity index (χ0) is 13.4. The standard InChI is InChI=1S/C13H17NO3S/c1-3-17-9-10(2)14-13(16)12-7-6-11(18-12)5-4-8-15/h6-7,10,15H,3,8-9H2,1-2H3,(H,14,16). The minimum absolute atomic E-state index is 0.0217. The van der Waals surface area contributed by atoms with Gasteiger partial charge >= 0.3 is 0 Å². The fourth-order valence-corrected chi connectivity index (χ4v) is 2.07. The van der Waals surface area contributed by atoms with Crippen LogP contribution < -0.4 is 5.32 Å². The molecule has 0 aromatic carbocycles. The molecular weight excluding hydrogens is 250 g/mol. The van der Waals surface area contributed by atoms with E-state index in [1.54, 1.807) is 12.1 Å². The summed E-state index contributed by atoms with van der Waals surface area (Å²) in [6.45, 7) is 4.78. The number of amides is 1. The van der Waals surface area contributed by atoms with Crippen molar-refractivity contribution in [2.75, 3.05) is 19.8 Å². The second kappa shape index (κ2) is 7.88. The minimum atomic E-state index is -0.176. The molecule has 0 saturated carbocycles. The van der Waals surface area contributed by atoms with Crippen LogP contribution in [-0.4, -0.2) is 36.9 Å². The average molecular weight is 267 g/mol. The molecule has 0 fully saturated rings. The summed E-state index contributed by atoms with van der Waals surface area (Å²) in [5.74, 6) is 5.20. The highest BCUT2D eigenvalue weighted by atomic mass is 32.1. The molecule has 5 heteroatoms. The van der Waals surface area contributed by atoms with Gasteiger partial charge in [-0.3, -0.25) is 4.79 Å². The van der Waals surface area contributed by atoms with Crippen LogP contribution in [0.3, 0.4) is 0 Å². The summed E-state index contributed by atoms with van der Waals surface area (Å²) >= 11 is 1.31. The third-order valence-corrected chi connectivity index (χ3v) is 3.07. The van der Waals surface area contributed by atoms with Crippen LogP contribution in [0.1, 0.15) is 28.4 Å². The van der Waals surface area contributed by atoms with Gasteiger partial charge in [-0.1, -0.05) is 11.8 Å². The van der Waals surface area contributed by atoms with Crippen LogP contribution >= 0.6 is 11.3 Å². The van der Waals surface area contributed by atoms with Gasteiger partial charge in [-0.25, -0.2) is 0 Å². The maximum atomic E-state index is 11.9. The Hall–Kier alpha value is -1.35. The molecule has 0 bridgehead atoms. The zero-order valence-electron chi connectivity index (χ0n) is 10.5. The number of carbonyl (C=O) groups excluding carboxylic acids is 1. The molecule has 0 aliphatic carbocycles. The molecule has 98 valence electrons. The smallest absolute Gasteiger partial charge is 0.261 e. The number of carbonyl (C=O) groups is 1. The number of hydrogen-bond acceptors (Lipinski definition) is 4. The number of nitrogens with one attached hydrogen (secondary N) is 1. The lowest BCUT2D eigenvalue weighted by atomic mass is 10.3. The van der Waals surface area contributed by atoms with E-state index in [1.165, 1.54) is 11.3 Å². The second-order valence-electron chi connectivity index (χ2n) is 3.66. The van der Waals surface area contributed by atoms with Crippen molar-refractivity contribution in [3.8, 4) is 11.8 Å². The first-order chi connectivity index (χ1) is 8.67. The molecule has 1 unspecified atom stereocenters. The molecule has 2 N–H and O–H groups in total. The maximum absolute atomic E-state index is 11.9. The Morgan fingerprint density at radius 3 is 3.06 bits per heavy atom. The van der Waals surface area contributed by atoms with Gasteiger partial charge in [-0.2, -0.15) is 0 Å². The third kappa shape index (κ3) is 4.88. The molecule has 0 radical (unpaired) electrons. The van der Waals surface area contributed by atoms with Crippen molar-refractivity contribution in [1.82, 2.24) is 5.32 Å². The summed E-state index contributed by atoms with van der Waals surface area (Å²) in [5, 5.41) is 11.4. The van der Waals surface area contributed by atoms with Crippen molar-refractivity contribution >= 4 is 17.2 Å². The molecular formula is C13H17NO3S. The predicted molar refractivity (Wildman–Crippen MR) is 71.7 cm³/mol. The van der Waals surface area contributed by atoms with E-state index >= 15 is 0 Å². The van der Waals surface area contributed by atoms with E-state index in [-0.39, 0.29) is 18.6 Å². The van der Waals surface area contributed by atoms with Crippen LogP contribution in [0.5, 0.6) is 0 Å². The van der Waals surface area contributed by atoms with E-state index in [1.807, 2.05) is 13.8 Å². The molecule has 0 aliphatic rings. The van der Waals surface area contributed by atoms with Crippen molar-refractivity contribution in [2.45, 2.75) is 19.9 Å². The van der Waals surface area contributed by atoms with Gasteiger partial charge in [0.1, 0.15) is 6.61 Å². The van der Waals surface area contributed by atoms with Crippen LogP contribution in [-0.2, 0) is 4.74 Å². The number of aliphatic hydroxyl groups is 1.